The lowest BCUT2D eigenvalue weighted by Gasteiger charge is -2.33. The Morgan fingerprint density at radius 2 is 1.88 bits per heavy atom. The van der Waals surface area contributed by atoms with Crippen molar-refractivity contribution in [1.29, 1.82) is 0 Å². The fourth-order valence-corrected chi connectivity index (χ4v) is 3.11. The number of hydrogen-bond acceptors (Lipinski definition) is 2. The third-order valence-electron chi connectivity index (χ3n) is 3.97. The minimum atomic E-state index is -0.390. The van der Waals surface area contributed by atoms with Gasteiger partial charge >= 0.3 is 0 Å². The molecule has 16 heavy (non-hydrogen) atoms. The Kier molecular flexibility index (Phi) is 3.24. The number of nitrogens with zero attached hydrogens (tertiary/aromatic N) is 1. The zero-order valence-corrected chi connectivity index (χ0v) is 10.8. The third kappa shape index (κ3) is 2.24. The summed E-state index contributed by atoms with van der Waals surface area (Å²) in [4.78, 5) is 14.6. The van der Waals surface area contributed by atoms with Gasteiger partial charge in [0.15, 0.2) is 0 Å². The monoisotopic (exact) mass is 224 g/mol. The summed E-state index contributed by atoms with van der Waals surface area (Å²) >= 11 is 0. The van der Waals surface area contributed by atoms with Crippen LogP contribution in [0.4, 0.5) is 0 Å². The highest BCUT2D eigenvalue weighted by molar-refractivity contribution is 5.86. The first-order chi connectivity index (χ1) is 7.50. The molecule has 0 aromatic rings. The van der Waals surface area contributed by atoms with Gasteiger partial charge in [-0.25, -0.2) is 0 Å². The van der Waals surface area contributed by atoms with E-state index in [9.17, 15) is 4.79 Å². The first-order valence-corrected chi connectivity index (χ1v) is 6.59. The van der Waals surface area contributed by atoms with Crippen molar-refractivity contribution in [2.24, 2.45) is 0 Å². The summed E-state index contributed by atoms with van der Waals surface area (Å²) < 4.78 is 0. The van der Waals surface area contributed by atoms with Crippen LogP contribution in [0.15, 0.2) is 0 Å². The van der Waals surface area contributed by atoms with E-state index in [-0.39, 0.29) is 0 Å². The van der Waals surface area contributed by atoms with Crippen molar-refractivity contribution < 1.29 is 4.79 Å². The normalized spacial score (nSPS) is 31.8. The van der Waals surface area contributed by atoms with E-state index in [1.807, 2.05) is 13.8 Å². The van der Waals surface area contributed by atoms with Crippen LogP contribution in [0, 0.1) is 0 Å². The second kappa shape index (κ2) is 4.36. The molecule has 1 unspecified atom stereocenters. The summed E-state index contributed by atoms with van der Waals surface area (Å²) in [6.07, 6.45) is 6.06. The number of carbonyl (C=O) groups excluding carboxylic acids is 1. The minimum Gasteiger partial charge on any atom is -0.338 e. The standard InChI is InChI=1S/C13H24N2O/c1-10-8-9-15(11-6-4-5-7-11)12(16)13(2,3)14-10/h10-11,14H,4-9H2,1-3H3. The number of nitrogens with one attached hydrogen (secondary N) is 1. The Morgan fingerprint density at radius 1 is 1.25 bits per heavy atom. The maximum Gasteiger partial charge on any atom is 0.242 e. The van der Waals surface area contributed by atoms with E-state index in [1.165, 1.54) is 25.7 Å². The van der Waals surface area contributed by atoms with Gasteiger partial charge in [-0.1, -0.05) is 12.8 Å². The molecule has 0 aromatic heterocycles. The van der Waals surface area contributed by atoms with Crippen LogP contribution in [0.25, 0.3) is 0 Å². The first kappa shape index (κ1) is 11.9. The van der Waals surface area contributed by atoms with Crippen LogP contribution < -0.4 is 5.32 Å². The predicted octanol–water partition coefficient (Wildman–Crippen LogP) is 1.92. The lowest BCUT2D eigenvalue weighted by Crippen LogP contribution is -2.55. The number of rotatable bonds is 1. The summed E-state index contributed by atoms with van der Waals surface area (Å²) in [7, 11) is 0. The molecule has 0 radical (unpaired) electrons. The molecule has 0 bridgehead atoms. The van der Waals surface area contributed by atoms with Crippen LogP contribution in [-0.4, -0.2) is 35.0 Å². The molecule has 3 heteroatoms. The van der Waals surface area contributed by atoms with Gasteiger partial charge in [0.2, 0.25) is 5.91 Å². The molecule has 1 aliphatic heterocycles. The molecule has 3 nitrogen and oxygen atoms in total. The van der Waals surface area contributed by atoms with Gasteiger partial charge in [0, 0.05) is 18.6 Å². The molecule has 2 aliphatic rings. The van der Waals surface area contributed by atoms with Gasteiger partial charge in [0.25, 0.3) is 0 Å². The van der Waals surface area contributed by atoms with Gasteiger partial charge in [-0.2, -0.15) is 0 Å². The van der Waals surface area contributed by atoms with Gasteiger partial charge in [0.1, 0.15) is 0 Å². The summed E-state index contributed by atoms with van der Waals surface area (Å²) in [5.74, 6) is 0.295. The number of hydrogen-bond donors (Lipinski definition) is 1. The highest BCUT2D eigenvalue weighted by Crippen LogP contribution is 2.27. The molecule has 92 valence electrons. The van der Waals surface area contributed by atoms with Crippen LogP contribution in [-0.2, 0) is 4.79 Å². The van der Waals surface area contributed by atoms with Crippen LogP contribution in [0.1, 0.15) is 52.9 Å². The zero-order chi connectivity index (χ0) is 11.8. The van der Waals surface area contributed by atoms with E-state index in [2.05, 4.69) is 17.1 Å². The average Bonchev–Trinajstić information content (AvgIpc) is 2.67. The molecule has 1 saturated heterocycles. The zero-order valence-electron chi connectivity index (χ0n) is 10.8. The Labute approximate surface area is 98.6 Å². The van der Waals surface area contributed by atoms with Crippen molar-refractivity contribution in [2.75, 3.05) is 6.54 Å². The van der Waals surface area contributed by atoms with Crippen molar-refractivity contribution in [3.8, 4) is 0 Å². The second-order valence-electron chi connectivity index (χ2n) is 5.90. The molecule has 1 saturated carbocycles. The van der Waals surface area contributed by atoms with Crippen molar-refractivity contribution in [3.63, 3.8) is 0 Å². The second-order valence-corrected chi connectivity index (χ2v) is 5.90. The Balaban J connectivity index is 2.14. The quantitative estimate of drug-likeness (QED) is 0.738. The van der Waals surface area contributed by atoms with Crippen molar-refractivity contribution in [1.82, 2.24) is 10.2 Å². The van der Waals surface area contributed by atoms with Crippen LogP contribution >= 0.6 is 0 Å². The molecule has 1 heterocycles. The molecule has 2 fully saturated rings. The van der Waals surface area contributed by atoms with E-state index in [0.29, 0.717) is 18.0 Å². The lowest BCUT2D eigenvalue weighted by atomic mass is 10.0. The first-order valence-electron chi connectivity index (χ1n) is 6.59. The van der Waals surface area contributed by atoms with E-state index in [1.54, 1.807) is 0 Å². The molecule has 1 atom stereocenters. The molecule has 1 aliphatic carbocycles. The molecular formula is C13H24N2O. The van der Waals surface area contributed by atoms with Gasteiger partial charge in [-0.3, -0.25) is 4.79 Å². The van der Waals surface area contributed by atoms with Crippen LogP contribution in [0.3, 0.4) is 0 Å². The summed E-state index contributed by atoms with van der Waals surface area (Å²) in [5, 5.41) is 3.43. The fourth-order valence-electron chi connectivity index (χ4n) is 3.11. The number of amides is 1. The SMILES string of the molecule is CC1CCN(C2CCCC2)C(=O)C(C)(C)N1. The van der Waals surface area contributed by atoms with Gasteiger partial charge in [-0.15, -0.1) is 0 Å². The maximum atomic E-state index is 12.5. The van der Waals surface area contributed by atoms with E-state index in [0.717, 1.165) is 13.0 Å². The van der Waals surface area contributed by atoms with Gasteiger partial charge < -0.3 is 10.2 Å². The Morgan fingerprint density at radius 3 is 2.50 bits per heavy atom. The summed E-state index contributed by atoms with van der Waals surface area (Å²) in [6.45, 7) is 7.13. The summed E-state index contributed by atoms with van der Waals surface area (Å²) in [5.41, 5.74) is -0.390. The molecular weight excluding hydrogens is 200 g/mol. The molecule has 2 rings (SSSR count). The average molecular weight is 224 g/mol. The Hall–Kier alpha value is -0.570. The largest absolute Gasteiger partial charge is 0.338 e. The van der Waals surface area contributed by atoms with E-state index >= 15 is 0 Å². The number of carbonyl (C=O) groups is 1. The molecule has 0 spiro atoms. The lowest BCUT2D eigenvalue weighted by molar-refractivity contribution is -0.138. The minimum absolute atomic E-state index is 0.295. The van der Waals surface area contributed by atoms with E-state index < -0.39 is 5.54 Å². The van der Waals surface area contributed by atoms with E-state index in [4.69, 9.17) is 0 Å². The van der Waals surface area contributed by atoms with Gasteiger partial charge in [0.05, 0.1) is 5.54 Å². The topological polar surface area (TPSA) is 32.3 Å². The highest BCUT2D eigenvalue weighted by Gasteiger charge is 2.39. The van der Waals surface area contributed by atoms with Crippen molar-refractivity contribution in [2.45, 2.75) is 70.5 Å². The van der Waals surface area contributed by atoms with Crippen molar-refractivity contribution >= 4 is 5.91 Å². The molecule has 1 N–H and O–H groups in total. The fraction of sp³-hybridized carbons (Fsp3) is 0.923. The molecule has 1 amide bonds. The maximum absolute atomic E-state index is 12.5. The van der Waals surface area contributed by atoms with Crippen LogP contribution in [0.5, 0.6) is 0 Å². The Bertz CT molecular complexity index is 269. The summed E-state index contributed by atoms with van der Waals surface area (Å²) in [6, 6.07) is 0.948. The smallest absolute Gasteiger partial charge is 0.242 e. The van der Waals surface area contributed by atoms with Crippen molar-refractivity contribution in [3.05, 3.63) is 0 Å². The predicted molar refractivity (Wildman–Crippen MR) is 65.3 cm³/mol. The van der Waals surface area contributed by atoms with Gasteiger partial charge in [-0.05, 0) is 40.0 Å². The highest BCUT2D eigenvalue weighted by atomic mass is 16.2. The van der Waals surface area contributed by atoms with Crippen LogP contribution in [0.2, 0.25) is 0 Å². The third-order valence-corrected chi connectivity index (χ3v) is 3.97. The molecule has 0 aromatic carbocycles.